The van der Waals surface area contributed by atoms with E-state index in [2.05, 4.69) is 13.8 Å². The molecule has 0 aliphatic heterocycles. The maximum Gasteiger partial charge on any atom is 0.419 e. The Morgan fingerprint density at radius 3 is 2.55 bits per heavy atom. The summed E-state index contributed by atoms with van der Waals surface area (Å²) in [4.78, 5) is 11.7. The third-order valence-corrected chi connectivity index (χ3v) is 3.64. The van der Waals surface area contributed by atoms with Gasteiger partial charge in [-0.3, -0.25) is 0 Å². The Balaban J connectivity index is 2.61. The van der Waals surface area contributed by atoms with Crippen LogP contribution in [0.3, 0.4) is 0 Å². The molecule has 108 valence electrons. The molecule has 0 radical (unpaired) electrons. The number of benzene rings is 1. The van der Waals surface area contributed by atoms with E-state index < -0.39 is 5.97 Å². The summed E-state index contributed by atoms with van der Waals surface area (Å²) >= 11 is 0. The van der Waals surface area contributed by atoms with Crippen LogP contribution in [0.5, 0.6) is 0 Å². The number of carboxylic acids is 1. The molecule has 0 unspecified atom stereocenters. The maximum atomic E-state index is 11.7. The molecule has 1 N–H and O–H groups in total. The number of aryl methyl sites for hydroxylation is 2. The third kappa shape index (κ3) is 2.69. The molecule has 0 atom stereocenters. The SMILES string of the molecule is CCCCn1c(C(=O)O)[n+](CCCC)c2ccccc21. The van der Waals surface area contributed by atoms with Gasteiger partial charge >= 0.3 is 11.8 Å². The highest BCUT2D eigenvalue weighted by molar-refractivity contribution is 5.86. The van der Waals surface area contributed by atoms with E-state index in [1.54, 1.807) is 0 Å². The standard InChI is InChI=1S/C16H22N2O2/c1-3-5-11-17-13-9-7-8-10-14(13)18(12-6-4-2)15(17)16(19)20/h7-10H,3-6,11-12H2,1-2H3/p+1. The van der Waals surface area contributed by atoms with Crippen LogP contribution >= 0.6 is 0 Å². The van der Waals surface area contributed by atoms with Crippen molar-refractivity contribution in [3.63, 3.8) is 0 Å². The molecule has 4 nitrogen and oxygen atoms in total. The second-order valence-corrected chi connectivity index (χ2v) is 5.13. The summed E-state index contributed by atoms with van der Waals surface area (Å²) in [5, 5.41) is 9.60. The lowest BCUT2D eigenvalue weighted by molar-refractivity contribution is -0.675. The summed E-state index contributed by atoms with van der Waals surface area (Å²) < 4.78 is 3.91. The minimum absolute atomic E-state index is 0.410. The highest BCUT2D eigenvalue weighted by Crippen LogP contribution is 2.16. The van der Waals surface area contributed by atoms with Crippen LogP contribution in [0, 0.1) is 0 Å². The third-order valence-electron chi connectivity index (χ3n) is 3.64. The van der Waals surface area contributed by atoms with Crippen molar-refractivity contribution in [2.45, 2.75) is 52.6 Å². The van der Waals surface area contributed by atoms with E-state index in [0.29, 0.717) is 5.82 Å². The molecule has 1 aromatic carbocycles. The molecule has 1 heterocycles. The number of hydrogen-bond donors (Lipinski definition) is 1. The molecule has 20 heavy (non-hydrogen) atoms. The van der Waals surface area contributed by atoms with E-state index >= 15 is 0 Å². The maximum absolute atomic E-state index is 11.7. The first-order valence-corrected chi connectivity index (χ1v) is 7.45. The van der Waals surface area contributed by atoms with Crippen molar-refractivity contribution < 1.29 is 14.5 Å². The summed E-state index contributed by atoms with van der Waals surface area (Å²) in [7, 11) is 0. The lowest BCUT2D eigenvalue weighted by Gasteiger charge is -2.01. The predicted octanol–water partition coefficient (Wildman–Crippen LogP) is 3.23. The van der Waals surface area contributed by atoms with Gasteiger partial charge in [-0.05, 0) is 25.0 Å². The Labute approximate surface area is 119 Å². The molecule has 0 aliphatic rings. The summed E-state index contributed by atoms with van der Waals surface area (Å²) in [6, 6.07) is 7.97. The highest BCUT2D eigenvalue weighted by Gasteiger charge is 2.29. The molecule has 4 heteroatoms. The van der Waals surface area contributed by atoms with Crippen molar-refractivity contribution >= 4 is 17.0 Å². The monoisotopic (exact) mass is 275 g/mol. The number of aromatic nitrogens is 2. The zero-order chi connectivity index (χ0) is 14.5. The minimum atomic E-state index is -0.839. The smallest absolute Gasteiger partial charge is 0.419 e. The molecule has 0 spiro atoms. The number of nitrogens with zero attached hydrogens (tertiary/aromatic N) is 2. The first kappa shape index (κ1) is 14.6. The van der Waals surface area contributed by atoms with Crippen molar-refractivity contribution in [1.29, 1.82) is 0 Å². The Morgan fingerprint density at radius 2 is 1.90 bits per heavy atom. The van der Waals surface area contributed by atoms with Crippen LogP contribution in [0.2, 0.25) is 0 Å². The zero-order valence-corrected chi connectivity index (χ0v) is 12.3. The van der Waals surface area contributed by atoms with Gasteiger partial charge < -0.3 is 5.11 Å². The second kappa shape index (κ2) is 6.55. The van der Waals surface area contributed by atoms with E-state index in [4.69, 9.17) is 0 Å². The molecule has 1 aromatic heterocycles. The molecule has 0 amide bonds. The van der Waals surface area contributed by atoms with E-state index in [-0.39, 0.29) is 0 Å². The number of carboxylic acid groups (broad SMARTS) is 1. The predicted molar refractivity (Wildman–Crippen MR) is 78.9 cm³/mol. The molecule has 2 rings (SSSR count). The number of carbonyl (C=O) groups is 1. The molecular weight excluding hydrogens is 252 g/mol. The van der Waals surface area contributed by atoms with Crippen LogP contribution in [0.1, 0.15) is 50.1 Å². The van der Waals surface area contributed by atoms with E-state index in [1.807, 2.05) is 33.4 Å². The number of hydrogen-bond acceptors (Lipinski definition) is 1. The van der Waals surface area contributed by atoms with Crippen LogP contribution in [-0.2, 0) is 13.1 Å². The molecule has 0 bridgehead atoms. The number of aromatic carboxylic acids is 1. The fraction of sp³-hybridized carbons (Fsp3) is 0.500. The Kier molecular flexibility index (Phi) is 4.77. The van der Waals surface area contributed by atoms with E-state index in [9.17, 15) is 9.90 Å². The van der Waals surface area contributed by atoms with Gasteiger partial charge in [-0.1, -0.05) is 38.8 Å². The normalized spacial score (nSPS) is 11.1. The van der Waals surface area contributed by atoms with Crippen molar-refractivity contribution in [3.8, 4) is 0 Å². The van der Waals surface area contributed by atoms with Gasteiger partial charge in [-0.25, -0.2) is 13.9 Å². The van der Waals surface area contributed by atoms with E-state index in [1.165, 1.54) is 0 Å². The molecule has 0 fully saturated rings. The van der Waals surface area contributed by atoms with Gasteiger partial charge in [-0.2, -0.15) is 0 Å². The van der Waals surface area contributed by atoms with Gasteiger partial charge in [0.2, 0.25) is 0 Å². The fourth-order valence-electron chi connectivity index (χ4n) is 2.61. The molecule has 0 saturated heterocycles. The lowest BCUT2D eigenvalue weighted by Crippen LogP contribution is -2.40. The first-order chi connectivity index (χ1) is 9.70. The van der Waals surface area contributed by atoms with Crippen molar-refractivity contribution in [2.75, 3.05) is 0 Å². The largest absolute Gasteiger partial charge is 0.472 e. The molecular formula is C16H23N2O2+. The van der Waals surface area contributed by atoms with Gasteiger partial charge in [0.1, 0.15) is 0 Å². The number of para-hydroxylation sites is 2. The second-order valence-electron chi connectivity index (χ2n) is 5.13. The molecule has 0 saturated carbocycles. The summed E-state index contributed by atoms with van der Waals surface area (Å²) in [6.45, 7) is 5.77. The quantitative estimate of drug-likeness (QED) is 0.789. The Morgan fingerprint density at radius 1 is 1.20 bits per heavy atom. The number of unbranched alkanes of at least 4 members (excludes halogenated alkanes) is 2. The van der Waals surface area contributed by atoms with Gasteiger partial charge in [0.25, 0.3) is 0 Å². The van der Waals surface area contributed by atoms with E-state index in [0.717, 1.165) is 49.8 Å². The van der Waals surface area contributed by atoms with Crippen LogP contribution in [0.4, 0.5) is 0 Å². The van der Waals surface area contributed by atoms with Crippen LogP contribution < -0.4 is 4.57 Å². The van der Waals surface area contributed by atoms with Crippen molar-refractivity contribution in [1.82, 2.24) is 4.57 Å². The summed E-state index contributed by atoms with van der Waals surface area (Å²) in [5.74, 6) is -0.429. The zero-order valence-electron chi connectivity index (χ0n) is 12.3. The van der Waals surface area contributed by atoms with Crippen LogP contribution in [-0.4, -0.2) is 15.6 Å². The number of imidazole rings is 1. The van der Waals surface area contributed by atoms with Crippen molar-refractivity contribution in [3.05, 3.63) is 30.1 Å². The lowest BCUT2D eigenvalue weighted by atomic mass is 10.3. The first-order valence-electron chi connectivity index (χ1n) is 7.45. The fourth-order valence-corrected chi connectivity index (χ4v) is 2.61. The minimum Gasteiger partial charge on any atom is -0.472 e. The summed E-state index contributed by atoms with van der Waals surface area (Å²) in [5.41, 5.74) is 2.05. The number of rotatable bonds is 7. The van der Waals surface area contributed by atoms with Crippen LogP contribution in [0.15, 0.2) is 24.3 Å². The Hall–Kier alpha value is -1.84. The van der Waals surface area contributed by atoms with Gasteiger partial charge in [-0.15, -0.1) is 0 Å². The van der Waals surface area contributed by atoms with Gasteiger partial charge in [0, 0.05) is 0 Å². The summed E-state index contributed by atoms with van der Waals surface area (Å²) in [6.07, 6.45) is 4.10. The molecule has 0 aliphatic carbocycles. The van der Waals surface area contributed by atoms with Gasteiger partial charge in [0.15, 0.2) is 11.0 Å². The average molecular weight is 275 g/mol. The van der Waals surface area contributed by atoms with Gasteiger partial charge in [0.05, 0.1) is 13.1 Å². The molecule has 2 aromatic rings. The highest BCUT2D eigenvalue weighted by atomic mass is 16.4. The van der Waals surface area contributed by atoms with Crippen molar-refractivity contribution in [2.24, 2.45) is 0 Å². The Bertz CT molecular complexity index is 557. The average Bonchev–Trinajstić information content (AvgIpc) is 2.77. The number of fused-ring (bicyclic) bond motifs is 1. The van der Waals surface area contributed by atoms with Crippen LogP contribution in [0.25, 0.3) is 11.0 Å². The topological polar surface area (TPSA) is 46.1 Å².